The van der Waals surface area contributed by atoms with Crippen LogP contribution in [0.4, 0.5) is 11.4 Å². The van der Waals surface area contributed by atoms with Gasteiger partial charge in [0, 0.05) is 87.2 Å². The molecule has 0 N–H and O–H groups in total. The maximum absolute atomic E-state index is 6.14. The molecule has 0 radical (unpaired) electrons. The summed E-state index contributed by atoms with van der Waals surface area (Å²) in [5, 5.41) is 5.78. The average Bonchev–Trinajstić information content (AvgIpc) is 3.60. The van der Waals surface area contributed by atoms with E-state index in [9.17, 15) is 0 Å². The third kappa shape index (κ3) is 4.81. The highest BCUT2D eigenvalue weighted by Gasteiger charge is 2.66. The van der Waals surface area contributed by atoms with Crippen LogP contribution >= 0.6 is 11.8 Å². The molecule has 6 heterocycles. The second kappa shape index (κ2) is 12.7. The van der Waals surface area contributed by atoms with Gasteiger partial charge in [-0.3, -0.25) is 9.80 Å². The quantitative estimate of drug-likeness (QED) is 0.353. The Bertz CT molecular complexity index is 1570. The van der Waals surface area contributed by atoms with Crippen molar-refractivity contribution in [1.29, 1.82) is 0 Å². The zero-order chi connectivity index (χ0) is 31.3. The molecule has 0 aromatic heterocycles. The van der Waals surface area contributed by atoms with Crippen LogP contribution in [0, 0.1) is 0 Å². The third-order valence-electron chi connectivity index (χ3n) is 11.8. The summed E-state index contributed by atoms with van der Waals surface area (Å²) >= 11 is 2.12. The standard InChI is InChI=1S/C39H50N6OS/c1-8-19-40(20-9-1)38(43-22-18-33-12-4-6-16-36(33)43)31-34-13-2-5-15-35(34)39(41-25-29-47-30-26-41,45(38)42-23-27-46-28-24-42)44-21-10-14-32-11-3-7-17-37(32)44/h2-7,11-13,15-17H,1,8-10,14,18-31H2. The molecule has 0 spiro atoms. The lowest BCUT2D eigenvalue weighted by atomic mass is 9.83. The summed E-state index contributed by atoms with van der Waals surface area (Å²) < 4.78 is 6.14. The number of hydrogen-bond donors (Lipinski definition) is 0. The maximum Gasteiger partial charge on any atom is 0.195 e. The van der Waals surface area contributed by atoms with Gasteiger partial charge in [0.15, 0.2) is 11.6 Å². The van der Waals surface area contributed by atoms with Gasteiger partial charge in [-0.25, -0.2) is 5.01 Å². The van der Waals surface area contributed by atoms with Gasteiger partial charge in [0.2, 0.25) is 0 Å². The lowest BCUT2D eigenvalue weighted by Crippen LogP contribution is -2.87. The number of hydrogen-bond acceptors (Lipinski definition) is 8. The molecule has 47 heavy (non-hydrogen) atoms. The fraction of sp³-hybridized carbons (Fsp3) is 0.538. The molecule has 3 aromatic rings. The van der Waals surface area contributed by atoms with E-state index in [4.69, 9.17) is 4.74 Å². The number of fused-ring (bicyclic) bond motifs is 3. The van der Waals surface area contributed by atoms with Gasteiger partial charge in [0.05, 0.1) is 13.2 Å². The van der Waals surface area contributed by atoms with Crippen LogP contribution in [0.25, 0.3) is 0 Å². The Balaban J connectivity index is 1.38. The molecule has 3 fully saturated rings. The molecule has 6 aliphatic rings. The molecule has 0 saturated carbocycles. The SMILES string of the molecule is c1ccc2c(c1)CCN2C1(N2CCCCC2)Cc2ccccc2C(N2CCSCC2)(N2CCCc3ccccc32)N1N1CCOCC1. The fourth-order valence-corrected chi connectivity index (χ4v) is 10.8. The smallest absolute Gasteiger partial charge is 0.195 e. The molecular weight excluding hydrogens is 601 g/mol. The van der Waals surface area contributed by atoms with Gasteiger partial charge in [0.25, 0.3) is 0 Å². The lowest BCUT2D eigenvalue weighted by molar-refractivity contribution is -0.297. The maximum atomic E-state index is 6.14. The van der Waals surface area contributed by atoms with Crippen molar-refractivity contribution in [3.8, 4) is 0 Å². The molecule has 248 valence electrons. The summed E-state index contributed by atoms with van der Waals surface area (Å²) in [7, 11) is 0. The topological polar surface area (TPSA) is 28.7 Å². The highest BCUT2D eigenvalue weighted by atomic mass is 32.2. The minimum absolute atomic E-state index is 0.365. The highest BCUT2D eigenvalue weighted by molar-refractivity contribution is 7.99. The minimum atomic E-state index is -0.487. The Morgan fingerprint density at radius 1 is 0.553 bits per heavy atom. The second-order valence-electron chi connectivity index (χ2n) is 14.2. The van der Waals surface area contributed by atoms with Crippen LogP contribution in [0.1, 0.15) is 47.9 Å². The van der Waals surface area contributed by atoms with Gasteiger partial charge in [0.1, 0.15) is 0 Å². The number of ether oxygens (including phenoxy) is 1. The molecule has 0 aliphatic carbocycles. The molecule has 9 rings (SSSR count). The van der Waals surface area contributed by atoms with E-state index in [0.29, 0.717) is 0 Å². The van der Waals surface area contributed by atoms with Crippen LogP contribution in [0.3, 0.4) is 0 Å². The van der Waals surface area contributed by atoms with Crippen LogP contribution in [0.5, 0.6) is 0 Å². The Morgan fingerprint density at radius 2 is 1.21 bits per heavy atom. The molecule has 2 unspecified atom stereocenters. The highest BCUT2D eigenvalue weighted by Crippen LogP contribution is 2.55. The fourth-order valence-electron chi connectivity index (χ4n) is 9.93. The number of benzene rings is 3. The van der Waals surface area contributed by atoms with Crippen LogP contribution in [0.15, 0.2) is 72.8 Å². The first kappa shape index (κ1) is 30.5. The summed E-state index contributed by atoms with van der Waals surface area (Å²) in [5.41, 5.74) is 8.82. The van der Waals surface area contributed by atoms with Crippen LogP contribution in [-0.4, -0.2) is 103 Å². The summed E-state index contributed by atoms with van der Waals surface area (Å²) in [6.07, 6.45) is 8.24. The van der Waals surface area contributed by atoms with E-state index in [1.807, 2.05) is 0 Å². The van der Waals surface area contributed by atoms with Gasteiger partial charge in [-0.1, -0.05) is 67.1 Å². The number of thioether (sulfide) groups is 1. The summed E-state index contributed by atoms with van der Waals surface area (Å²) in [6.45, 7) is 9.86. The number of nitrogens with zero attached hydrogens (tertiary/aromatic N) is 6. The van der Waals surface area contributed by atoms with Crippen LogP contribution < -0.4 is 9.80 Å². The third-order valence-corrected chi connectivity index (χ3v) is 12.8. The summed E-state index contributed by atoms with van der Waals surface area (Å²) in [4.78, 5) is 11.6. The zero-order valence-electron chi connectivity index (χ0n) is 27.9. The summed E-state index contributed by atoms with van der Waals surface area (Å²) in [6, 6.07) is 28.3. The van der Waals surface area contributed by atoms with Crippen molar-refractivity contribution in [2.75, 3.05) is 86.9 Å². The number of aryl methyl sites for hydroxylation is 1. The van der Waals surface area contributed by atoms with E-state index in [-0.39, 0.29) is 5.79 Å². The first-order valence-electron chi connectivity index (χ1n) is 18.3. The van der Waals surface area contributed by atoms with Crippen molar-refractivity contribution in [2.45, 2.75) is 56.5 Å². The van der Waals surface area contributed by atoms with Crippen molar-refractivity contribution in [1.82, 2.24) is 19.8 Å². The molecule has 0 amide bonds. The van der Waals surface area contributed by atoms with Crippen molar-refractivity contribution in [3.05, 3.63) is 95.1 Å². The second-order valence-corrected chi connectivity index (χ2v) is 15.4. The number of rotatable bonds is 5. The number of piperidine rings is 1. The Kier molecular flexibility index (Phi) is 8.23. The van der Waals surface area contributed by atoms with Gasteiger partial charge in [-0.05, 0) is 60.9 Å². The van der Waals surface area contributed by atoms with Crippen molar-refractivity contribution in [3.63, 3.8) is 0 Å². The first-order valence-corrected chi connectivity index (χ1v) is 19.5. The van der Waals surface area contributed by atoms with Gasteiger partial charge in [-0.2, -0.15) is 16.8 Å². The molecule has 3 aromatic carbocycles. The molecule has 0 bridgehead atoms. The minimum Gasteiger partial charge on any atom is -0.379 e. The van der Waals surface area contributed by atoms with Gasteiger partial charge >= 0.3 is 0 Å². The number of morpholine rings is 1. The van der Waals surface area contributed by atoms with E-state index in [1.54, 1.807) is 0 Å². The van der Waals surface area contributed by atoms with E-state index >= 15 is 0 Å². The summed E-state index contributed by atoms with van der Waals surface area (Å²) in [5.74, 6) is 1.48. The molecule has 6 aliphatic heterocycles. The van der Waals surface area contributed by atoms with Crippen LogP contribution in [0.2, 0.25) is 0 Å². The van der Waals surface area contributed by atoms with Crippen molar-refractivity contribution >= 4 is 23.1 Å². The molecule has 3 saturated heterocycles. The predicted molar refractivity (Wildman–Crippen MR) is 193 cm³/mol. The number of para-hydroxylation sites is 2. The molecule has 2 atom stereocenters. The Labute approximate surface area is 285 Å². The van der Waals surface area contributed by atoms with E-state index in [0.717, 1.165) is 84.8 Å². The predicted octanol–water partition coefficient (Wildman–Crippen LogP) is 5.61. The van der Waals surface area contributed by atoms with Crippen molar-refractivity contribution in [2.24, 2.45) is 0 Å². The van der Waals surface area contributed by atoms with E-state index in [1.165, 1.54) is 70.8 Å². The monoisotopic (exact) mass is 650 g/mol. The normalized spacial score (nSPS) is 29.4. The van der Waals surface area contributed by atoms with Gasteiger partial charge in [-0.15, -0.1) is 0 Å². The zero-order valence-corrected chi connectivity index (χ0v) is 28.7. The average molecular weight is 651 g/mol. The first-order chi connectivity index (χ1) is 23.3. The largest absolute Gasteiger partial charge is 0.379 e. The number of likely N-dealkylation sites (tertiary alicyclic amines) is 1. The molecule has 8 heteroatoms. The molecular formula is C39H50N6OS. The Hall–Kier alpha value is -2.59. The molecule has 7 nitrogen and oxygen atoms in total. The van der Waals surface area contributed by atoms with Gasteiger partial charge < -0.3 is 14.5 Å². The lowest BCUT2D eigenvalue weighted by Gasteiger charge is -2.71. The van der Waals surface area contributed by atoms with E-state index < -0.39 is 5.79 Å². The van der Waals surface area contributed by atoms with Crippen LogP contribution in [-0.2, 0) is 29.8 Å². The Morgan fingerprint density at radius 3 is 1.98 bits per heavy atom. The number of hydrazine groups is 1. The number of anilines is 2. The van der Waals surface area contributed by atoms with Crippen molar-refractivity contribution < 1.29 is 4.74 Å². The van der Waals surface area contributed by atoms with E-state index in [2.05, 4.69) is 114 Å².